The monoisotopic (exact) mass is 395 g/mol. The van der Waals surface area contributed by atoms with Crippen molar-refractivity contribution in [3.05, 3.63) is 44.3 Å². The van der Waals surface area contributed by atoms with Crippen LogP contribution in [0.1, 0.15) is 32.6 Å². The summed E-state index contributed by atoms with van der Waals surface area (Å²) >= 11 is 0. The predicted octanol–water partition coefficient (Wildman–Crippen LogP) is 2.68. The molecular formula is C18H29N5O3S. The lowest BCUT2D eigenvalue weighted by Crippen LogP contribution is -2.36. The van der Waals surface area contributed by atoms with Crippen LogP contribution >= 0.6 is 0 Å². The molecule has 0 unspecified atom stereocenters. The van der Waals surface area contributed by atoms with E-state index in [4.69, 9.17) is 0 Å². The molecule has 9 heteroatoms. The van der Waals surface area contributed by atoms with E-state index in [1.807, 2.05) is 0 Å². The van der Waals surface area contributed by atoms with Gasteiger partial charge in [-0.3, -0.25) is 0 Å². The quantitative estimate of drug-likeness (QED) is 0.378. The second kappa shape index (κ2) is 11.5. The van der Waals surface area contributed by atoms with Crippen molar-refractivity contribution in [3.63, 3.8) is 0 Å². The topological polar surface area (TPSA) is 88.4 Å². The number of carbonyl (C=O) groups is 1. The minimum Gasteiger partial charge on any atom is -0.319 e. The van der Waals surface area contributed by atoms with E-state index in [0.29, 0.717) is 13.1 Å². The second-order valence-electron chi connectivity index (χ2n) is 5.95. The Morgan fingerprint density at radius 3 is 2.30 bits per heavy atom. The Hall–Kier alpha value is -2.26. The van der Waals surface area contributed by atoms with Crippen LogP contribution in [-0.4, -0.2) is 64.6 Å². The Bertz CT molecular complexity index is 732. The largest absolute Gasteiger partial charge is 0.346 e. The lowest BCUT2D eigenvalue weighted by atomic mass is 10.2. The third kappa shape index (κ3) is 6.44. The van der Waals surface area contributed by atoms with Crippen molar-refractivity contribution in [2.75, 3.05) is 26.2 Å². The average Bonchev–Trinajstić information content (AvgIpc) is 3.14. The SMILES string of the molecule is C=CCN(CCCCCC)C(=O)n1cnc(S(=O)(=O)N(CC=C)CC=C)n1. The lowest BCUT2D eigenvalue weighted by molar-refractivity contribution is 0.200. The molecule has 150 valence electrons. The van der Waals surface area contributed by atoms with E-state index in [-0.39, 0.29) is 13.1 Å². The highest BCUT2D eigenvalue weighted by Crippen LogP contribution is 2.11. The van der Waals surface area contributed by atoms with Crippen molar-refractivity contribution < 1.29 is 13.2 Å². The van der Waals surface area contributed by atoms with Crippen LogP contribution in [0.4, 0.5) is 4.79 Å². The molecule has 1 aromatic heterocycles. The summed E-state index contributed by atoms with van der Waals surface area (Å²) in [6.45, 7) is 14.0. The molecule has 0 saturated carbocycles. The minimum atomic E-state index is -3.94. The number of sulfonamides is 1. The summed E-state index contributed by atoms with van der Waals surface area (Å²) in [6, 6.07) is -0.431. The van der Waals surface area contributed by atoms with Crippen LogP contribution in [0.15, 0.2) is 49.4 Å². The van der Waals surface area contributed by atoms with Crippen LogP contribution in [0.5, 0.6) is 0 Å². The standard InChI is InChI=1S/C18H29N5O3S/c1-5-9-10-11-15-21(12-6-2)18(24)23-16-19-17(20-23)27(25,26)22(13-7-3)14-8-4/h6-8,16H,2-5,9-15H2,1H3. The molecule has 0 radical (unpaired) electrons. The number of hydrogen-bond donors (Lipinski definition) is 0. The maximum atomic E-state index is 12.7. The van der Waals surface area contributed by atoms with Gasteiger partial charge in [-0.15, -0.1) is 24.8 Å². The highest BCUT2D eigenvalue weighted by atomic mass is 32.2. The molecule has 0 spiro atoms. The summed E-state index contributed by atoms with van der Waals surface area (Å²) in [6.07, 6.45) is 9.76. The van der Waals surface area contributed by atoms with Gasteiger partial charge in [-0.05, 0) is 6.42 Å². The van der Waals surface area contributed by atoms with Gasteiger partial charge in [-0.1, -0.05) is 44.4 Å². The van der Waals surface area contributed by atoms with Crippen molar-refractivity contribution in [3.8, 4) is 0 Å². The second-order valence-corrected chi connectivity index (χ2v) is 7.78. The van der Waals surface area contributed by atoms with Gasteiger partial charge in [-0.2, -0.15) is 8.99 Å². The van der Waals surface area contributed by atoms with Gasteiger partial charge >= 0.3 is 6.03 Å². The van der Waals surface area contributed by atoms with Crippen LogP contribution < -0.4 is 0 Å². The van der Waals surface area contributed by atoms with Gasteiger partial charge in [-0.25, -0.2) is 18.2 Å². The molecule has 0 saturated heterocycles. The van der Waals surface area contributed by atoms with Gasteiger partial charge < -0.3 is 4.90 Å². The van der Waals surface area contributed by atoms with Gasteiger partial charge in [0, 0.05) is 26.2 Å². The first kappa shape index (κ1) is 22.8. The van der Waals surface area contributed by atoms with Gasteiger partial charge in [0.25, 0.3) is 15.2 Å². The molecule has 0 aliphatic carbocycles. The minimum absolute atomic E-state index is 0.0941. The zero-order chi connectivity index (χ0) is 20.3. The predicted molar refractivity (Wildman–Crippen MR) is 106 cm³/mol. The Morgan fingerprint density at radius 1 is 1.11 bits per heavy atom. The molecule has 0 bridgehead atoms. The molecule has 1 aromatic rings. The Balaban J connectivity index is 2.96. The van der Waals surface area contributed by atoms with Crippen molar-refractivity contribution in [1.29, 1.82) is 0 Å². The first-order valence-electron chi connectivity index (χ1n) is 8.96. The molecule has 0 aliphatic heterocycles. The first-order chi connectivity index (χ1) is 12.9. The smallest absolute Gasteiger partial charge is 0.319 e. The molecule has 1 heterocycles. The fourth-order valence-corrected chi connectivity index (χ4v) is 3.63. The number of unbranched alkanes of at least 4 members (excludes halogenated alkanes) is 3. The molecule has 8 nitrogen and oxygen atoms in total. The molecule has 27 heavy (non-hydrogen) atoms. The number of hydrogen-bond acceptors (Lipinski definition) is 5. The van der Waals surface area contributed by atoms with Crippen LogP contribution in [-0.2, 0) is 10.0 Å². The molecule has 0 atom stereocenters. The van der Waals surface area contributed by atoms with Crippen LogP contribution in [0.25, 0.3) is 0 Å². The van der Waals surface area contributed by atoms with E-state index in [1.165, 1.54) is 12.2 Å². The van der Waals surface area contributed by atoms with E-state index < -0.39 is 21.2 Å². The van der Waals surface area contributed by atoms with Crippen molar-refractivity contribution >= 4 is 16.1 Å². The Kier molecular flexibility index (Phi) is 9.66. The molecule has 1 rings (SSSR count). The van der Waals surface area contributed by atoms with Gasteiger partial charge in [0.05, 0.1) is 0 Å². The molecular weight excluding hydrogens is 366 g/mol. The van der Waals surface area contributed by atoms with Crippen molar-refractivity contribution in [1.82, 2.24) is 24.0 Å². The van der Waals surface area contributed by atoms with Gasteiger partial charge in [0.2, 0.25) is 0 Å². The Morgan fingerprint density at radius 2 is 1.74 bits per heavy atom. The number of carbonyl (C=O) groups excluding carboxylic acids is 1. The van der Waals surface area contributed by atoms with Gasteiger partial charge in [0.15, 0.2) is 0 Å². The summed E-state index contributed by atoms with van der Waals surface area (Å²) < 4.78 is 27.4. The highest BCUT2D eigenvalue weighted by molar-refractivity contribution is 7.89. The van der Waals surface area contributed by atoms with E-state index in [9.17, 15) is 13.2 Å². The summed E-state index contributed by atoms with van der Waals surface area (Å²) in [5.41, 5.74) is 0. The Labute approximate surface area is 161 Å². The summed E-state index contributed by atoms with van der Waals surface area (Å²) in [5, 5.41) is 3.47. The van der Waals surface area contributed by atoms with E-state index in [0.717, 1.165) is 41.0 Å². The maximum Gasteiger partial charge on any atom is 0.346 e. The molecule has 0 fully saturated rings. The van der Waals surface area contributed by atoms with E-state index in [2.05, 4.69) is 36.7 Å². The molecule has 1 amide bonds. The third-order valence-corrected chi connectivity index (χ3v) is 5.43. The number of aromatic nitrogens is 3. The molecule has 0 aliphatic rings. The average molecular weight is 396 g/mol. The zero-order valence-corrected chi connectivity index (χ0v) is 16.8. The summed E-state index contributed by atoms with van der Waals surface area (Å²) in [5.74, 6) is 0. The fraction of sp³-hybridized carbons (Fsp3) is 0.500. The maximum absolute atomic E-state index is 12.7. The number of nitrogens with zero attached hydrogens (tertiary/aromatic N) is 5. The summed E-state index contributed by atoms with van der Waals surface area (Å²) in [4.78, 5) is 18.1. The lowest BCUT2D eigenvalue weighted by Gasteiger charge is -2.20. The highest BCUT2D eigenvalue weighted by Gasteiger charge is 2.28. The molecule has 0 aromatic carbocycles. The van der Waals surface area contributed by atoms with Crippen molar-refractivity contribution in [2.24, 2.45) is 0 Å². The third-order valence-electron chi connectivity index (χ3n) is 3.80. The normalized spacial score (nSPS) is 11.3. The van der Waals surface area contributed by atoms with Crippen LogP contribution in [0.3, 0.4) is 0 Å². The van der Waals surface area contributed by atoms with Crippen LogP contribution in [0, 0.1) is 0 Å². The number of rotatable bonds is 13. The van der Waals surface area contributed by atoms with Crippen molar-refractivity contribution in [2.45, 2.75) is 37.8 Å². The van der Waals surface area contributed by atoms with E-state index in [1.54, 1.807) is 11.0 Å². The summed E-state index contributed by atoms with van der Waals surface area (Å²) in [7, 11) is -3.94. The van der Waals surface area contributed by atoms with Gasteiger partial charge in [0.1, 0.15) is 6.33 Å². The fourth-order valence-electron chi connectivity index (χ4n) is 2.43. The zero-order valence-electron chi connectivity index (χ0n) is 16.0. The number of amides is 1. The molecule has 0 N–H and O–H groups in total. The van der Waals surface area contributed by atoms with E-state index >= 15 is 0 Å². The van der Waals surface area contributed by atoms with Crippen LogP contribution in [0.2, 0.25) is 0 Å². The first-order valence-corrected chi connectivity index (χ1v) is 10.4.